The lowest BCUT2D eigenvalue weighted by Gasteiger charge is -2.14. The lowest BCUT2D eigenvalue weighted by molar-refractivity contribution is 0.627. The molecule has 0 aliphatic heterocycles. The van der Waals surface area contributed by atoms with Crippen LogP contribution in [-0.2, 0) is 0 Å². The molecule has 0 atom stereocenters. The van der Waals surface area contributed by atoms with Crippen molar-refractivity contribution in [2.45, 2.75) is 0 Å². The summed E-state index contributed by atoms with van der Waals surface area (Å²) in [6.07, 6.45) is 0. The number of halogens is 3. The molecule has 12 heavy (non-hydrogen) atoms. The average Bonchev–Trinajstić information content (AvgIpc) is 2.05. The molecule has 0 fully saturated rings. The Labute approximate surface area is 67.4 Å². The molecule has 1 rings (SSSR count). The van der Waals surface area contributed by atoms with E-state index in [0.717, 1.165) is 30.2 Å². The van der Waals surface area contributed by atoms with Gasteiger partial charge < -0.3 is 8.63 Å². The van der Waals surface area contributed by atoms with E-state index < -0.39 is 18.0 Å². The van der Waals surface area contributed by atoms with Gasteiger partial charge in [0.05, 0.1) is 0 Å². The van der Waals surface area contributed by atoms with Crippen molar-refractivity contribution >= 4 is 12.2 Å². The molecule has 0 aromatic heterocycles. The van der Waals surface area contributed by atoms with Crippen LogP contribution in [0.15, 0.2) is 24.3 Å². The average molecular weight is 170 g/mol. The Kier molecular flexibility index (Phi) is 2.09. The minimum Gasteiger partial charge on any atom is -0.461 e. The third-order valence-corrected chi connectivity index (χ3v) is 1.45. The van der Waals surface area contributed by atoms with Crippen molar-refractivity contribution in [1.82, 2.24) is 0 Å². The maximum absolute atomic E-state index is 12.6. The molecular formula is C7H4BF3N-. The smallest absolute Gasteiger partial charge is 0.433 e. The van der Waals surface area contributed by atoms with Gasteiger partial charge in [-0.25, -0.2) is 9.65 Å². The van der Waals surface area contributed by atoms with Gasteiger partial charge in [-0.1, -0.05) is 18.1 Å². The van der Waals surface area contributed by atoms with Crippen molar-refractivity contribution in [3.8, 4) is 5.97 Å². The summed E-state index contributed by atoms with van der Waals surface area (Å²) < 4.78 is 37.4. The fraction of sp³-hybridized carbons (Fsp3) is 0. The summed E-state index contributed by atoms with van der Waals surface area (Å²) in [5.74, 6) is 0.290. The first-order valence-corrected chi connectivity index (χ1v) is 3.25. The van der Waals surface area contributed by atoms with Gasteiger partial charge in [0.2, 0.25) is 0 Å². The van der Waals surface area contributed by atoms with Crippen molar-refractivity contribution < 1.29 is 13.0 Å². The fourth-order valence-corrected chi connectivity index (χ4v) is 0.779. The Morgan fingerprint density at radius 1 is 1.17 bits per heavy atom. The largest absolute Gasteiger partial charge is 0.461 e. The zero-order chi connectivity index (χ0) is 9.19. The SMILES string of the molecule is N#C[B-](F)(F)c1ccc(F)cc1. The number of rotatable bonds is 1. The second-order valence-electron chi connectivity index (χ2n) is 2.34. The predicted molar refractivity (Wildman–Crippen MR) is 39.6 cm³/mol. The molecule has 1 aromatic carbocycles. The van der Waals surface area contributed by atoms with E-state index in [1.54, 1.807) is 0 Å². The van der Waals surface area contributed by atoms with Gasteiger partial charge in [0.1, 0.15) is 5.82 Å². The van der Waals surface area contributed by atoms with Crippen LogP contribution in [0.4, 0.5) is 13.0 Å². The molecule has 0 unspecified atom stereocenters. The molecule has 1 nitrogen and oxygen atoms in total. The molecule has 0 radical (unpaired) electrons. The topological polar surface area (TPSA) is 23.8 Å². The first kappa shape index (κ1) is 8.66. The number of nitrogens with zero attached hydrogens (tertiary/aromatic N) is 1. The summed E-state index contributed by atoms with van der Waals surface area (Å²) in [5, 5.41) is 8.05. The Morgan fingerprint density at radius 2 is 1.67 bits per heavy atom. The minimum absolute atomic E-state index is 0.432. The zero-order valence-corrected chi connectivity index (χ0v) is 5.97. The molecule has 1 aromatic rings. The van der Waals surface area contributed by atoms with E-state index in [-0.39, 0.29) is 0 Å². The molecular weight excluding hydrogens is 166 g/mol. The van der Waals surface area contributed by atoms with E-state index in [0.29, 0.717) is 0 Å². The van der Waals surface area contributed by atoms with Gasteiger partial charge in [0.15, 0.2) is 0 Å². The molecule has 0 saturated carbocycles. The summed E-state index contributed by atoms with van der Waals surface area (Å²) in [4.78, 5) is 0. The van der Waals surface area contributed by atoms with Gasteiger partial charge in [0.25, 0.3) is 0 Å². The Hall–Kier alpha value is -1.44. The maximum atomic E-state index is 12.6. The summed E-state index contributed by atoms with van der Waals surface area (Å²) in [5.41, 5.74) is -0.432. The number of hydrogen-bond donors (Lipinski definition) is 0. The van der Waals surface area contributed by atoms with Crippen LogP contribution in [0.5, 0.6) is 0 Å². The molecule has 0 aliphatic carbocycles. The van der Waals surface area contributed by atoms with E-state index in [9.17, 15) is 13.0 Å². The standard InChI is InChI=1S/C7H4BF3N/c9-7-3-1-6(2-4-7)8(10,11)5-12/h1-4H/q-1. The molecule has 0 spiro atoms. The van der Waals surface area contributed by atoms with E-state index in [2.05, 4.69) is 0 Å². The van der Waals surface area contributed by atoms with Gasteiger partial charge in [-0.2, -0.15) is 0 Å². The van der Waals surface area contributed by atoms with E-state index in [1.165, 1.54) is 0 Å². The highest BCUT2D eigenvalue weighted by molar-refractivity contribution is 6.86. The summed E-state index contributed by atoms with van der Waals surface area (Å²) in [6, 6.07) is 3.64. The molecule has 62 valence electrons. The normalized spacial score (nSPS) is 10.8. The van der Waals surface area contributed by atoms with E-state index in [1.807, 2.05) is 0 Å². The third kappa shape index (κ3) is 1.59. The second-order valence-corrected chi connectivity index (χ2v) is 2.34. The summed E-state index contributed by atoms with van der Waals surface area (Å²) >= 11 is 0. The Morgan fingerprint density at radius 3 is 2.08 bits per heavy atom. The molecule has 0 N–H and O–H groups in total. The van der Waals surface area contributed by atoms with Crippen LogP contribution in [0, 0.1) is 17.0 Å². The molecule has 0 heterocycles. The van der Waals surface area contributed by atoms with Crippen molar-refractivity contribution in [2.75, 3.05) is 0 Å². The lowest BCUT2D eigenvalue weighted by atomic mass is 9.60. The van der Waals surface area contributed by atoms with Crippen molar-refractivity contribution in [2.24, 2.45) is 0 Å². The molecule has 0 amide bonds. The van der Waals surface area contributed by atoms with Crippen molar-refractivity contribution in [3.05, 3.63) is 30.1 Å². The highest BCUT2D eigenvalue weighted by Crippen LogP contribution is 2.06. The van der Waals surface area contributed by atoms with Gasteiger partial charge >= 0.3 is 6.70 Å². The van der Waals surface area contributed by atoms with Crippen molar-refractivity contribution in [1.29, 1.82) is 5.26 Å². The highest BCUT2D eigenvalue weighted by Gasteiger charge is 2.24. The predicted octanol–water partition coefficient (Wildman–Crippen LogP) is 1.48. The highest BCUT2D eigenvalue weighted by atomic mass is 19.2. The number of nitriles is 1. The van der Waals surface area contributed by atoms with Crippen LogP contribution in [0.3, 0.4) is 0 Å². The van der Waals surface area contributed by atoms with E-state index in [4.69, 9.17) is 5.26 Å². The van der Waals surface area contributed by atoms with Gasteiger partial charge in [-0.05, 0) is 12.1 Å². The number of benzene rings is 1. The fourth-order valence-electron chi connectivity index (χ4n) is 0.779. The summed E-state index contributed by atoms with van der Waals surface area (Å²) in [7, 11) is 0. The van der Waals surface area contributed by atoms with E-state index >= 15 is 0 Å². The van der Waals surface area contributed by atoms with Crippen LogP contribution in [-0.4, -0.2) is 6.70 Å². The Bertz CT molecular complexity index is 314. The van der Waals surface area contributed by atoms with Gasteiger partial charge in [0, 0.05) is 0 Å². The first-order valence-electron chi connectivity index (χ1n) is 3.25. The summed E-state index contributed by atoms with van der Waals surface area (Å²) in [6.45, 7) is -4.17. The monoisotopic (exact) mass is 170 g/mol. The Balaban J connectivity index is 3.07. The van der Waals surface area contributed by atoms with Gasteiger partial charge in [-0.15, -0.1) is 5.46 Å². The molecule has 5 heteroatoms. The molecule has 0 bridgehead atoms. The van der Waals surface area contributed by atoms with Crippen molar-refractivity contribution in [3.63, 3.8) is 0 Å². The molecule has 0 aliphatic rings. The number of hydrogen-bond acceptors (Lipinski definition) is 1. The van der Waals surface area contributed by atoms with Crippen LogP contribution in [0.2, 0.25) is 0 Å². The first-order chi connectivity index (χ1) is 5.56. The maximum Gasteiger partial charge on any atom is 0.433 e. The quantitative estimate of drug-likeness (QED) is 0.585. The van der Waals surface area contributed by atoms with Crippen LogP contribution in [0.1, 0.15) is 0 Å². The second kappa shape index (κ2) is 2.90. The molecule has 0 saturated heterocycles. The van der Waals surface area contributed by atoms with Crippen LogP contribution < -0.4 is 5.46 Å². The minimum atomic E-state index is -4.17. The van der Waals surface area contributed by atoms with Gasteiger partial charge in [-0.3, -0.25) is 0 Å². The zero-order valence-electron chi connectivity index (χ0n) is 5.97. The lowest BCUT2D eigenvalue weighted by Crippen LogP contribution is -2.37. The third-order valence-electron chi connectivity index (χ3n) is 1.45. The van der Waals surface area contributed by atoms with Crippen LogP contribution in [0.25, 0.3) is 0 Å². The van der Waals surface area contributed by atoms with Crippen LogP contribution >= 0.6 is 0 Å².